The highest BCUT2D eigenvalue weighted by Gasteiger charge is 2.08. The lowest BCUT2D eigenvalue weighted by atomic mass is 10.2. The van der Waals surface area contributed by atoms with E-state index in [9.17, 15) is 4.79 Å². The van der Waals surface area contributed by atoms with E-state index in [2.05, 4.69) is 31.4 Å². The van der Waals surface area contributed by atoms with Crippen molar-refractivity contribution >= 4 is 62.8 Å². The van der Waals surface area contributed by atoms with Gasteiger partial charge in [-0.25, -0.2) is 10.4 Å². The molecule has 0 fully saturated rings. The molecule has 1 aromatic heterocycles. The molecule has 0 atom stereocenters. The Hall–Kier alpha value is -2.65. The zero-order chi connectivity index (χ0) is 23.8. The van der Waals surface area contributed by atoms with E-state index < -0.39 is 0 Å². The van der Waals surface area contributed by atoms with Crippen LogP contribution in [0.25, 0.3) is 11.3 Å². The van der Waals surface area contributed by atoms with Crippen molar-refractivity contribution in [2.75, 3.05) is 5.75 Å². The number of ether oxygens (including phenoxy) is 1. The number of hydrogen-bond acceptors (Lipinski definition) is 6. The summed E-state index contributed by atoms with van der Waals surface area (Å²) in [6.07, 6.45) is 1.60. The van der Waals surface area contributed by atoms with Gasteiger partial charge in [0.25, 0.3) is 5.91 Å². The van der Waals surface area contributed by atoms with Gasteiger partial charge in [-0.15, -0.1) is 11.3 Å². The number of thiazole rings is 1. The number of halogens is 2. The summed E-state index contributed by atoms with van der Waals surface area (Å²) in [5, 5.41) is 6.69. The van der Waals surface area contributed by atoms with Gasteiger partial charge in [-0.3, -0.25) is 4.79 Å². The van der Waals surface area contributed by atoms with Gasteiger partial charge in [0.05, 0.1) is 17.7 Å². The third-order valence-electron chi connectivity index (χ3n) is 4.53. The highest BCUT2D eigenvalue weighted by Crippen LogP contribution is 2.28. The molecular weight excluding hydrogens is 554 g/mol. The van der Waals surface area contributed by atoms with E-state index in [1.54, 1.807) is 6.21 Å². The molecule has 1 amide bonds. The number of benzene rings is 3. The number of aromatic nitrogens is 1. The third-order valence-corrected chi connectivity index (χ3v) is 7.29. The Morgan fingerprint density at radius 1 is 1.15 bits per heavy atom. The van der Waals surface area contributed by atoms with Crippen LogP contribution in [-0.4, -0.2) is 22.9 Å². The summed E-state index contributed by atoms with van der Waals surface area (Å²) in [6.45, 7) is 0.487. The van der Waals surface area contributed by atoms with Gasteiger partial charge in [0, 0.05) is 20.4 Å². The first-order valence-corrected chi connectivity index (χ1v) is 13.2. The topological polar surface area (TPSA) is 63.6 Å². The zero-order valence-corrected chi connectivity index (χ0v) is 21.8. The van der Waals surface area contributed by atoms with Crippen molar-refractivity contribution < 1.29 is 9.53 Å². The minimum atomic E-state index is -0.196. The number of carbonyl (C=O) groups excluding carboxylic acids is 1. The summed E-state index contributed by atoms with van der Waals surface area (Å²) in [5.74, 6) is 0.797. The van der Waals surface area contributed by atoms with Crippen LogP contribution in [0.5, 0.6) is 5.75 Å². The molecule has 0 saturated heterocycles. The van der Waals surface area contributed by atoms with E-state index in [4.69, 9.17) is 16.3 Å². The molecule has 0 saturated carbocycles. The van der Waals surface area contributed by atoms with Gasteiger partial charge in [-0.05, 0) is 59.7 Å². The first-order chi connectivity index (χ1) is 16.5. The van der Waals surface area contributed by atoms with Crippen molar-refractivity contribution in [3.63, 3.8) is 0 Å². The van der Waals surface area contributed by atoms with Crippen LogP contribution < -0.4 is 10.2 Å². The fourth-order valence-corrected chi connectivity index (χ4v) is 5.06. The van der Waals surface area contributed by atoms with Crippen molar-refractivity contribution in [1.29, 1.82) is 0 Å². The molecule has 9 heteroatoms. The second-order valence-electron chi connectivity index (χ2n) is 7.08. The van der Waals surface area contributed by atoms with Crippen LogP contribution in [0.4, 0.5) is 0 Å². The molecule has 34 heavy (non-hydrogen) atoms. The van der Waals surface area contributed by atoms with Gasteiger partial charge < -0.3 is 4.74 Å². The van der Waals surface area contributed by atoms with Crippen molar-refractivity contribution in [2.45, 2.75) is 10.9 Å². The fourth-order valence-electron chi connectivity index (χ4n) is 2.86. The van der Waals surface area contributed by atoms with E-state index in [-0.39, 0.29) is 11.7 Å². The first-order valence-electron chi connectivity index (χ1n) is 10.2. The second-order valence-corrected chi connectivity index (χ2v) is 10.5. The number of nitrogens with one attached hydrogen (secondary N) is 1. The minimum absolute atomic E-state index is 0.196. The summed E-state index contributed by atoms with van der Waals surface area (Å²) in [4.78, 5) is 16.7. The van der Waals surface area contributed by atoms with Crippen LogP contribution in [-0.2, 0) is 11.4 Å². The SMILES string of the molecule is O=C(CSc1nc(-c2ccc(Cl)cc2)cs1)N/N=C/c1ccc(OCc2cccc(Br)c2)cc1. The van der Waals surface area contributed by atoms with Crippen LogP contribution >= 0.6 is 50.6 Å². The molecule has 0 unspecified atom stereocenters. The van der Waals surface area contributed by atoms with Crippen LogP contribution in [0.15, 0.2) is 92.1 Å². The average molecular weight is 573 g/mol. The van der Waals surface area contributed by atoms with Gasteiger partial charge in [-0.1, -0.05) is 63.6 Å². The van der Waals surface area contributed by atoms with E-state index in [0.29, 0.717) is 11.6 Å². The number of thioether (sulfide) groups is 1. The van der Waals surface area contributed by atoms with E-state index in [0.717, 1.165) is 36.9 Å². The monoisotopic (exact) mass is 571 g/mol. The van der Waals surface area contributed by atoms with Crippen LogP contribution in [0.3, 0.4) is 0 Å². The number of nitrogens with zero attached hydrogens (tertiary/aromatic N) is 2. The van der Waals surface area contributed by atoms with E-state index in [1.165, 1.54) is 23.1 Å². The molecule has 0 aliphatic rings. The number of amides is 1. The van der Waals surface area contributed by atoms with Crippen LogP contribution in [0.2, 0.25) is 5.02 Å². The Balaban J connectivity index is 1.20. The van der Waals surface area contributed by atoms with Gasteiger partial charge >= 0.3 is 0 Å². The van der Waals surface area contributed by atoms with Crippen LogP contribution in [0.1, 0.15) is 11.1 Å². The van der Waals surface area contributed by atoms with Gasteiger partial charge in [0.1, 0.15) is 12.4 Å². The Bertz CT molecular complexity index is 1280. The Labute approximate surface area is 219 Å². The molecule has 5 nitrogen and oxygen atoms in total. The van der Waals surface area contributed by atoms with Gasteiger partial charge in [0.15, 0.2) is 4.34 Å². The number of carbonyl (C=O) groups is 1. The molecule has 0 aliphatic carbocycles. The predicted molar refractivity (Wildman–Crippen MR) is 144 cm³/mol. The van der Waals surface area contributed by atoms with E-state index in [1.807, 2.05) is 78.2 Å². The maximum Gasteiger partial charge on any atom is 0.250 e. The zero-order valence-electron chi connectivity index (χ0n) is 17.8. The molecule has 172 valence electrons. The first kappa shape index (κ1) is 24.5. The van der Waals surface area contributed by atoms with Crippen molar-refractivity contribution in [2.24, 2.45) is 5.10 Å². The van der Waals surface area contributed by atoms with Crippen molar-refractivity contribution in [3.8, 4) is 17.0 Å². The molecule has 0 radical (unpaired) electrons. The fraction of sp³-hybridized carbons (Fsp3) is 0.0800. The molecule has 4 rings (SSSR count). The quantitative estimate of drug-likeness (QED) is 0.133. The smallest absolute Gasteiger partial charge is 0.250 e. The maximum atomic E-state index is 12.1. The van der Waals surface area contributed by atoms with Gasteiger partial charge in [0.2, 0.25) is 0 Å². The lowest BCUT2D eigenvalue weighted by Gasteiger charge is -2.06. The molecule has 0 bridgehead atoms. The lowest BCUT2D eigenvalue weighted by molar-refractivity contribution is -0.118. The predicted octanol–water partition coefficient (Wildman–Crippen LogP) is 7.05. The summed E-state index contributed by atoms with van der Waals surface area (Å²) < 4.78 is 7.65. The summed E-state index contributed by atoms with van der Waals surface area (Å²) in [5.41, 5.74) is 6.35. The summed E-state index contributed by atoms with van der Waals surface area (Å²) in [6, 6.07) is 23.0. The molecule has 3 aromatic carbocycles. The Kier molecular flexibility index (Phi) is 8.76. The second kappa shape index (κ2) is 12.2. The van der Waals surface area contributed by atoms with Crippen LogP contribution in [0, 0.1) is 0 Å². The third kappa shape index (κ3) is 7.43. The molecule has 0 aliphatic heterocycles. The highest BCUT2D eigenvalue weighted by atomic mass is 79.9. The Morgan fingerprint density at radius 2 is 1.94 bits per heavy atom. The summed E-state index contributed by atoms with van der Waals surface area (Å²) in [7, 11) is 0. The molecular formula is C25H19BrClN3O2S2. The van der Waals surface area contributed by atoms with Gasteiger partial charge in [-0.2, -0.15) is 5.10 Å². The highest BCUT2D eigenvalue weighted by molar-refractivity contribution is 9.10. The molecule has 1 N–H and O–H groups in total. The van der Waals surface area contributed by atoms with Crippen molar-refractivity contribution in [1.82, 2.24) is 10.4 Å². The molecule has 4 aromatic rings. The Morgan fingerprint density at radius 3 is 2.71 bits per heavy atom. The maximum absolute atomic E-state index is 12.1. The van der Waals surface area contributed by atoms with Crippen molar-refractivity contribution in [3.05, 3.63) is 98.8 Å². The normalized spacial score (nSPS) is 11.0. The lowest BCUT2D eigenvalue weighted by Crippen LogP contribution is -2.19. The minimum Gasteiger partial charge on any atom is -0.489 e. The molecule has 0 spiro atoms. The molecule has 1 heterocycles. The largest absolute Gasteiger partial charge is 0.489 e. The average Bonchev–Trinajstić information content (AvgIpc) is 3.32. The standard InChI is InChI=1S/C25H19BrClN3O2S2/c26-20-3-1-2-18(12-20)14-32-22-10-4-17(5-11-22)13-28-30-24(31)16-34-25-29-23(15-33-25)19-6-8-21(27)9-7-19/h1-13,15H,14,16H2,(H,30,31)/b28-13+. The van der Waals surface area contributed by atoms with E-state index >= 15 is 0 Å². The summed E-state index contributed by atoms with van der Waals surface area (Å²) >= 11 is 12.3. The number of rotatable bonds is 9. The number of hydrazone groups is 1. The number of hydrogen-bond donors (Lipinski definition) is 1.